The summed E-state index contributed by atoms with van der Waals surface area (Å²) in [5.41, 5.74) is 5.01. The maximum absolute atomic E-state index is 10.7. The SMILES string of the molecule is COc1cc2c(cc1O)C[C@@H]1NCCc3cc(OC)c(O)c-2c31. The van der Waals surface area contributed by atoms with Gasteiger partial charge >= 0.3 is 0 Å². The Morgan fingerprint density at radius 1 is 1.04 bits per heavy atom. The predicted octanol–water partition coefficient (Wildman–Crippen LogP) is 2.52. The molecule has 0 bridgehead atoms. The molecule has 1 aliphatic heterocycles. The normalized spacial score (nSPS) is 18.1. The first-order valence-electron chi connectivity index (χ1n) is 7.70. The third-order valence-corrected chi connectivity index (χ3v) is 4.84. The van der Waals surface area contributed by atoms with Gasteiger partial charge in [0.15, 0.2) is 23.0 Å². The molecule has 120 valence electrons. The van der Waals surface area contributed by atoms with Gasteiger partial charge in [0, 0.05) is 11.6 Å². The lowest BCUT2D eigenvalue weighted by Crippen LogP contribution is -2.33. The first kappa shape index (κ1) is 14.2. The highest BCUT2D eigenvalue weighted by Crippen LogP contribution is 2.51. The van der Waals surface area contributed by atoms with Gasteiger partial charge in [-0.1, -0.05) is 0 Å². The van der Waals surface area contributed by atoms with E-state index in [1.165, 1.54) is 12.7 Å². The lowest BCUT2D eigenvalue weighted by atomic mass is 9.77. The molecule has 23 heavy (non-hydrogen) atoms. The zero-order chi connectivity index (χ0) is 16.1. The Kier molecular flexibility index (Phi) is 3.13. The quantitative estimate of drug-likeness (QED) is 0.795. The Hall–Kier alpha value is -2.40. The molecule has 0 fully saturated rings. The van der Waals surface area contributed by atoms with Crippen LogP contribution in [0.5, 0.6) is 23.0 Å². The molecule has 1 atom stereocenters. The van der Waals surface area contributed by atoms with Crippen molar-refractivity contribution in [2.24, 2.45) is 0 Å². The van der Waals surface area contributed by atoms with Crippen LogP contribution in [0.15, 0.2) is 18.2 Å². The van der Waals surface area contributed by atoms with E-state index in [0.29, 0.717) is 11.5 Å². The van der Waals surface area contributed by atoms with Gasteiger partial charge in [0.1, 0.15) is 0 Å². The van der Waals surface area contributed by atoms with Crippen molar-refractivity contribution in [1.29, 1.82) is 0 Å². The lowest BCUT2D eigenvalue weighted by molar-refractivity contribution is 0.368. The summed E-state index contributed by atoms with van der Waals surface area (Å²) >= 11 is 0. The molecule has 4 rings (SSSR count). The van der Waals surface area contributed by atoms with Crippen LogP contribution in [0.4, 0.5) is 0 Å². The minimum atomic E-state index is 0.119. The van der Waals surface area contributed by atoms with Crippen LogP contribution in [0.3, 0.4) is 0 Å². The van der Waals surface area contributed by atoms with Gasteiger partial charge in [-0.3, -0.25) is 0 Å². The van der Waals surface area contributed by atoms with Gasteiger partial charge in [-0.05, 0) is 59.8 Å². The minimum absolute atomic E-state index is 0.119. The maximum Gasteiger partial charge on any atom is 0.166 e. The highest BCUT2D eigenvalue weighted by atomic mass is 16.5. The summed E-state index contributed by atoms with van der Waals surface area (Å²) in [6, 6.07) is 5.60. The fourth-order valence-electron chi connectivity index (χ4n) is 3.80. The molecule has 0 saturated heterocycles. The number of phenols is 2. The van der Waals surface area contributed by atoms with Gasteiger partial charge < -0.3 is 25.0 Å². The van der Waals surface area contributed by atoms with Crippen molar-refractivity contribution in [3.05, 3.63) is 34.9 Å². The Balaban J connectivity index is 2.06. The molecule has 5 heteroatoms. The fourth-order valence-corrected chi connectivity index (χ4v) is 3.80. The molecule has 0 radical (unpaired) electrons. The topological polar surface area (TPSA) is 71.0 Å². The summed E-state index contributed by atoms with van der Waals surface area (Å²) in [4.78, 5) is 0. The molecule has 2 aliphatic rings. The van der Waals surface area contributed by atoms with E-state index in [4.69, 9.17) is 9.47 Å². The van der Waals surface area contributed by atoms with Gasteiger partial charge in [-0.15, -0.1) is 0 Å². The number of aromatic hydroxyl groups is 2. The van der Waals surface area contributed by atoms with Crippen molar-refractivity contribution in [2.75, 3.05) is 20.8 Å². The molecule has 2 aromatic carbocycles. The molecular formula is C18H19NO4. The van der Waals surface area contributed by atoms with Crippen LogP contribution in [-0.2, 0) is 12.8 Å². The summed E-state index contributed by atoms with van der Waals surface area (Å²) in [6.07, 6.45) is 1.68. The smallest absolute Gasteiger partial charge is 0.166 e. The van der Waals surface area contributed by atoms with Crippen LogP contribution < -0.4 is 14.8 Å². The van der Waals surface area contributed by atoms with Gasteiger partial charge in [0.2, 0.25) is 0 Å². The minimum Gasteiger partial charge on any atom is -0.504 e. The van der Waals surface area contributed by atoms with E-state index in [1.807, 2.05) is 6.07 Å². The van der Waals surface area contributed by atoms with Crippen molar-refractivity contribution in [3.8, 4) is 34.1 Å². The van der Waals surface area contributed by atoms with Crippen molar-refractivity contribution in [3.63, 3.8) is 0 Å². The number of fused-ring (bicyclic) bond motifs is 2. The molecule has 0 spiro atoms. The maximum atomic E-state index is 10.7. The highest BCUT2D eigenvalue weighted by molar-refractivity contribution is 5.84. The van der Waals surface area contributed by atoms with E-state index < -0.39 is 0 Å². The Morgan fingerprint density at radius 3 is 2.57 bits per heavy atom. The van der Waals surface area contributed by atoms with Crippen molar-refractivity contribution >= 4 is 0 Å². The summed E-state index contributed by atoms with van der Waals surface area (Å²) in [6.45, 7) is 0.891. The molecule has 2 aromatic rings. The van der Waals surface area contributed by atoms with Crippen molar-refractivity contribution < 1.29 is 19.7 Å². The molecule has 0 unspecified atom stereocenters. The van der Waals surface area contributed by atoms with Crippen LogP contribution in [-0.4, -0.2) is 31.0 Å². The average Bonchev–Trinajstić information content (AvgIpc) is 2.56. The van der Waals surface area contributed by atoms with Crippen molar-refractivity contribution in [2.45, 2.75) is 18.9 Å². The third kappa shape index (κ3) is 1.96. The van der Waals surface area contributed by atoms with Crippen LogP contribution in [0.2, 0.25) is 0 Å². The predicted molar refractivity (Wildman–Crippen MR) is 86.5 cm³/mol. The van der Waals surface area contributed by atoms with Gasteiger partial charge in [0.05, 0.1) is 14.2 Å². The number of benzene rings is 2. The zero-order valence-electron chi connectivity index (χ0n) is 13.1. The molecule has 0 saturated carbocycles. The number of methoxy groups -OCH3 is 2. The Labute approximate surface area is 134 Å². The number of phenolic OH excluding ortho intramolecular Hbond substituents is 2. The van der Waals surface area contributed by atoms with E-state index in [9.17, 15) is 10.2 Å². The second kappa shape index (κ2) is 5.06. The van der Waals surface area contributed by atoms with E-state index in [-0.39, 0.29) is 17.5 Å². The number of hydrogen-bond donors (Lipinski definition) is 3. The van der Waals surface area contributed by atoms with Gasteiger partial charge in [-0.2, -0.15) is 0 Å². The second-order valence-electron chi connectivity index (χ2n) is 6.02. The number of hydrogen-bond acceptors (Lipinski definition) is 5. The standard InChI is InChI=1S/C18H19NO4/c1-22-14-8-11-10(6-13(14)20)5-12-16-9(3-4-19-12)7-15(23-2)18(21)17(11)16/h6-8,12,19-21H,3-5H2,1-2H3/t12-/m0/s1. The zero-order valence-corrected chi connectivity index (χ0v) is 13.1. The average molecular weight is 313 g/mol. The fraction of sp³-hybridized carbons (Fsp3) is 0.333. The number of nitrogens with one attached hydrogen (secondary N) is 1. The highest BCUT2D eigenvalue weighted by Gasteiger charge is 2.33. The molecule has 0 aromatic heterocycles. The first-order valence-corrected chi connectivity index (χ1v) is 7.70. The molecule has 5 nitrogen and oxygen atoms in total. The largest absolute Gasteiger partial charge is 0.504 e. The van der Waals surface area contributed by atoms with Crippen LogP contribution >= 0.6 is 0 Å². The molecule has 0 amide bonds. The van der Waals surface area contributed by atoms with E-state index in [1.54, 1.807) is 19.2 Å². The third-order valence-electron chi connectivity index (χ3n) is 4.84. The molecule has 1 heterocycles. The molecule has 3 N–H and O–H groups in total. The molecular weight excluding hydrogens is 294 g/mol. The van der Waals surface area contributed by atoms with Crippen LogP contribution in [0.1, 0.15) is 22.7 Å². The monoisotopic (exact) mass is 313 g/mol. The van der Waals surface area contributed by atoms with E-state index >= 15 is 0 Å². The van der Waals surface area contributed by atoms with Crippen LogP contribution in [0.25, 0.3) is 11.1 Å². The van der Waals surface area contributed by atoms with Crippen molar-refractivity contribution in [1.82, 2.24) is 5.32 Å². The number of rotatable bonds is 2. The van der Waals surface area contributed by atoms with E-state index in [0.717, 1.165) is 41.6 Å². The summed E-state index contributed by atoms with van der Waals surface area (Å²) in [5, 5.41) is 24.3. The molecule has 1 aliphatic carbocycles. The van der Waals surface area contributed by atoms with Gasteiger partial charge in [-0.25, -0.2) is 0 Å². The summed E-state index contributed by atoms with van der Waals surface area (Å²) in [5.74, 6) is 1.16. The van der Waals surface area contributed by atoms with Crippen LogP contribution in [0, 0.1) is 0 Å². The van der Waals surface area contributed by atoms with Gasteiger partial charge in [0.25, 0.3) is 0 Å². The van der Waals surface area contributed by atoms with E-state index in [2.05, 4.69) is 5.32 Å². The Morgan fingerprint density at radius 2 is 1.83 bits per heavy atom. The summed E-state index contributed by atoms with van der Waals surface area (Å²) in [7, 11) is 3.09. The second-order valence-corrected chi connectivity index (χ2v) is 6.02. The number of ether oxygens (including phenoxy) is 2. The summed E-state index contributed by atoms with van der Waals surface area (Å²) < 4.78 is 10.6. The lowest BCUT2D eigenvalue weighted by Gasteiger charge is -2.35. The Bertz CT molecular complexity index is 800. The first-order chi connectivity index (χ1) is 11.1.